The standard InChI is InChI=1S/C17H32N2O/c1-4-7-14-8-5-6-9-19(14)17(20)15-11-16(18)13(3)10-12(15)2/h12-16H,4-11,18H2,1-3H3. The summed E-state index contributed by atoms with van der Waals surface area (Å²) in [6.45, 7) is 7.65. The molecule has 0 bridgehead atoms. The number of hydrogen-bond acceptors (Lipinski definition) is 2. The molecule has 1 saturated heterocycles. The first-order chi connectivity index (χ1) is 9.54. The summed E-state index contributed by atoms with van der Waals surface area (Å²) in [6.07, 6.45) is 7.98. The molecule has 5 unspecified atom stereocenters. The Morgan fingerprint density at radius 3 is 2.65 bits per heavy atom. The van der Waals surface area contributed by atoms with Crippen molar-refractivity contribution in [3.63, 3.8) is 0 Å². The van der Waals surface area contributed by atoms with Gasteiger partial charge in [-0.1, -0.05) is 27.2 Å². The Bertz CT molecular complexity index is 325. The minimum absolute atomic E-state index is 0.165. The number of likely N-dealkylation sites (tertiary alicyclic amines) is 1. The number of piperidine rings is 1. The average Bonchev–Trinajstić information content (AvgIpc) is 2.43. The number of nitrogens with two attached hydrogens (primary N) is 1. The first-order valence-corrected chi connectivity index (χ1v) is 8.60. The molecule has 1 saturated carbocycles. The Balaban J connectivity index is 2.04. The fourth-order valence-corrected chi connectivity index (χ4v) is 4.16. The van der Waals surface area contributed by atoms with Crippen molar-refractivity contribution in [1.82, 2.24) is 4.90 Å². The molecular weight excluding hydrogens is 248 g/mol. The summed E-state index contributed by atoms with van der Waals surface area (Å²) < 4.78 is 0. The molecule has 3 heteroatoms. The van der Waals surface area contributed by atoms with Gasteiger partial charge in [0.15, 0.2) is 0 Å². The maximum Gasteiger partial charge on any atom is 0.226 e. The molecule has 0 radical (unpaired) electrons. The van der Waals surface area contributed by atoms with Crippen LogP contribution in [0.15, 0.2) is 0 Å². The van der Waals surface area contributed by atoms with E-state index in [1.807, 2.05) is 0 Å². The van der Waals surface area contributed by atoms with Gasteiger partial charge >= 0.3 is 0 Å². The molecule has 1 aliphatic carbocycles. The largest absolute Gasteiger partial charge is 0.339 e. The highest BCUT2D eigenvalue weighted by Crippen LogP contribution is 2.35. The van der Waals surface area contributed by atoms with Crippen molar-refractivity contribution >= 4 is 5.91 Å². The number of carbonyl (C=O) groups excluding carboxylic acids is 1. The Morgan fingerprint density at radius 1 is 1.20 bits per heavy atom. The Morgan fingerprint density at radius 2 is 1.95 bits per heavy atom. The molecule has 0 aromatic heterocycles. The van der Waals surface area contributed by atoms with Gasteiger partial charge in [-0.2, -0.15) is 0 Å². The minimum atomic E-state index is 0.165. The fraction of sp³-hybridized carbons (Fsp3) is 0.941. The Labute approximate surface area is 124 Å². The van der Waals surface area contributed by atoms with E-state index < -0.39 is 0 Å². The van der Waals surface area contributed by atoms with Gasteiger partial charge in [0.1, 0.15) is 0 Å². The van der Waals surface area contributed by atoms with E-state index in [2.05, 4.69) is 25.7 Å². The molecule has 20 heavy (non-hydrogen) atoms. The molecule has 3 nitrogen and oxygen atoms in total. The highest BCUT2D eigenvalue weighted by atomic mass is 16.2. The van der Waals surface area contributed by atoms with Crippen molar-refractivity contribution in [3.05, 3.63) is 0 Å². The molecule has 2 N–H and O–H groups in total. The summed E-state index contributed by atoms with van der Waals surface area (Å²) >= 11 is 0. The van der Waals surface area contributed by atoms with Gasteiger partial charge in [-0.05, 0) is 50.4 Å². The van der Waals surface area contributed by atoms with Crippen molar-refractivity contribution in [1.29, 1.82) is 0 Å². The predicted molar refractivity (Wildman–Crippen MR) is 83.3 cm³/mol. The lowest BCUT2D eigenvalue weighted by atomic mass is 9.72. The first-order valence-electron chi connectivity index (χ1n) is 8.60. The second-order valence-electron chi connectivity index (χ2n) is 7.17. The van der Waals surface area contributed by atoms with Crippen molar-refractivity contribution in [2.75, 3.05) is 6.54 Å². The van der Waals surface area contributed by atoms with Crippen LogP contribution in [0, 0.1) is 17.8 Å². The highest BCUT2D eigenvalue weighted by Gasteiger charge is 2.39. The van der Waals surface area contributed by atoms with Crippen molar-refractivity contribution < 1.29 is 4.79 Å². The molecule has 0 aromatic carbocycles. The van der Waals surface area contributed by atoms with Crippen LogP contribution >= 0.6 is 0 Å². The number of amides is 1. The lowest BCUT2D eigenvalue weighted by molar-refractivity contribution is -0.143. The van der Waals surface area contributed by atoms with E-state index in [4.69, 9.17) is 5.73 Å². The van der Waals surface area contributed by atoms with Crippen molar-refractivity contribution in [2.45, 2.75) is 77.8 Å². The molecule has 1 aliphatic heterocycles. The first kappa shape index (κ1) is 15.8. The van der Waals surface area contributed by atoms with E-state index >= 15 is 0 Å². The minimum Gasteiger partial charge on any atom is -0.339 e. The molecule has 0 aromatic rings. The quantitative estimate of drug-likeness (QED) is 0.863. The average molecular weight is 280 g/mol. The smallest absolute Gasteiger partial charge is 0.226 e. The van der Waals surface area contributed by atoms with Gasteiger partial charge in [-0.15, -0.1) is 0 Å². The summed E-state index contributed by atoms with van der Waals surface area (Å²) in [4.78, 5) is 15.2. The molecule has 5 atom stereocenters. The Kier molecular flexibility index (Phi) is 5.48. The Hall–Kier alpha value is -0.570. The SMILES string of the molecule is CCCC1CCCCN1C(=O)C1CC(N)C(C)CC1C. The predicted octanol–water partition coefficient (Wildman–Crippen LogP) is 3.18. The molecule has 1 amide bonds. The van der Waals surface area contributed by atoms with E-state index in [0.29, 0.717) is 23.8 Å². The van der Waals surface area contributed by atoms with Crippen molar-refractivity contribution in [3.8, 4) is 0 Å². The second kappa shape index (κ2) is 6.93. The summed E-state index contributed by atoms with van der Waals surface area (Å²) in [6, 6.07) is 0.693. The van der Waals surface area contributed by atoms with Crippen LogP contribution in [0.5, 0.6) is 0 Å². The van der Waals surface area contributed by atoms with Gasteiger partial charge in [-0.25, -0.2) is 0 Å². The molecule has 2 fully saturated rings. The lowest BCUT2D eigenvalue weighted by Gasteiger charge is -2.42. The van der Waals surface area contributed by atoms with Gasteiger partial charge in [0.05, 0.1) is 0 Å². The number of nitrogens with zero attached hydrogens (tertiary/aromatic N) is 1. The molecular formula is C17H32N2O. The van der Waals surface area contributed by atoms with E-state index in [1.54, 1.807) is 0 Å². The summed E-state index contributed by atoms with van der Waals surface area (Å²) in [5, 5.41) is 0. The highest BCUT2D eigenvalue weighted by molar-refractivity contribution is 5.79. The third-order valence-electron chi connectivity index (χ3n) is 5.54. The molecule has 2 rings (SSSR count). The van der Waals surface area contributed by atoms with E-state index in [1.165, 1.54) is 25.7 Å². The lowest BCUT2D eigenvalue weighted by Crippen LogP contribution is -2.51. The van der Waals surface area contributed by atoms with Crippen LogP contribution < -0.4 is 5.73 Å². The van der Waals surface area contributed by atoms with Crippen molar-refractivity contribution in [2.24, 2.45) is 23.5 Å². The van der Waals surface area contributed by atoms with Gasteiger partial charge in [0.2, 0.25) is 5.91 Å². The zero-order valence-corrected chi connectivity index (χ0v) is 13.5. The van der Waals surface area contributed by atoms with Crippen LogP contribution in [-0.2, 0) is 4.79 Å². The van der Waals surface area contributed by atoms with Crippen LogP contribution in [0.3, 0.4) is 0 Å². The van der Waals surface area contributed by atoms with Crippen LogP contribution in [0.2, 0.25) is 0 Å². The topological polar surface area (TPSA) is 46.3 Å². The molecule has 1 heterocycles. The fourth-order valence-electron chi connectivity index (χ4n) is 4.16. The third-order valence-corrected chi connectivity index (χ3v) is 5.54. The summed E-state index contributed by atoms with van der Waals surface area (Å²) in [7, 11) is 0. The van der Waals surface area contributed by atoms with Crippen LogP contribution in [0.25, 0.3) is 0 Å². The normalized spacial score (nSPS) is 38.8. The maximum absolute atomic E-state index is 13.0. The monoisotopic (exact) mass is 280 g/mol. The van der Waals surface area contributed by atoms with Crippen LogP contribution in [0.1, 0.15) is 65.7 Å². The van der Waals surface area contributed by atoms with Gasteiger partial charge < -0.3 is 10.6 Å². The van der Waals surface area contributed by atoms with Crippen LogP contribution in [-0.4, -0.2) is 29.4 Å². The molecule has 116 valence electrons. The van der Waals surface area contributed by atoms with Gasteiger partial charge in [0, 0.05) is 24.5 Å². The molecule has 0 spiro atoms. The second-order valence-corrected chi connectivity index (χ2v) is 7.17. The van der Waals surface area contributed by atoms with E-state index in [9.17, 15) is 4.79 Å². The van der Waals surface area contributed by atoms with Gasteiger partial charge in [-0.3, -0.25) is 4.79 Å². The number of hydrogen-bond donors (Lipinski definition) is 1. The van der Waals surface area contributed by atoms with Gasteiger partial charge in [0.25, 0.3) is 0 Å². The van der Waals surface area contributed by atoms with Crippen LogP contribution in [0.4, 0.5) is 0 Å². The summed E-state index contributed by atoms with van der Waals surface area (Å²) in [5.74, 6) is 1.61. The van der Waals surface area contributed by atoms with E-state index in [-0.39, 0.29) is 12.0 Å². The third kappa shape index (κ3) is 3.36. The maximum atomic E-state index is 13.0. The van der Waals surface area contributed by atoms with E-state index in [0.717, 1.165) is 25.8 Å². The summed E-state index contributed by atoms with van der Waals surface area (Å²) in [5.41, 5.74) is 6.22. The zero-order chi connectivity index (χ0) is 14.7. The number of carbonyl (C=O) groups is 1. The number of rotatable bonds is 3. The molecule has 2 aliphatic rings. The zero-order valence-electron chi connectivity index (χ0n) is 13.5.